The molecule has 0 spiro atoms. The topological polar surface area (TPSA) is 103 Å². The molecule has 2 aromatic heterocycles. The van der Waals surface area contributed by atoms with Gasteiger partial charge in [-0.1, -0.05) is 36.4 Å². The van der Waals surface area contributed by atoms with Crippen LogP contribution in [0.4, 0.5) is 5.95 Å². The van der Waals surface area contributed by atoms with Crippen molar-refractivity contribution < 1.29 is 9.59 Å². The number of rotatable bonds is 6. The summed E-state index contributed by atoms with van der Waals surface area (Å²) in [7, 11) is 0. The van der Waals surface area contributed by atoms with E-state index in [0.29, 0.717) is 42.6 Å². The van der Waals surface area contributed by atoms with E-state index < -0.39 is 0 Å². The van der Waals surface area contributed by atoms with Crippen LogP contribution in [-0.4, -0.2) is 56.8 Å². The number of hydrogen-bond acceptors (Lipinski definition) is 5. The SMILES string of the molecule is C=CC(=O)N1CCC(C(=O)N[C@H]2CCC[C@@H](Nc3ncc(Cl)c(-c4c[nH]c5ccccc45)n3)C2)CC1. The van der Waals surface area contributed by atoms with Crippen LogP contribution in [0, 0.1) is 5.92 Å². The summed E-state index contributed by atoms with van der Waals surface area (Å²) < 4.78 is 0. The van der Waals surface area contributed by atoms with Crippen LogP contribution < -0.4 is 10.6 Å². The lowest BCUT2D eigenvalue weighted by Gasteiger charge is -2.34. The lowest BCUT2D eigenvalue weighted by Crippen LogP contribution is -2.47. The highest BCUT2D eigenvalue weighted by molar-refractivity contribution is 6.33. The standard InChI is InChI=1S/C27H31ClN6O2/c1-2-24(35)34-12-10-17(11-13-34)26(36)31-18-6-5-7-19(14-18)32-27-30-16-22(28)25(33-27)21-15-29-23-9-4-3-8-20(21)23/h2-4,8-9,15-19,29H,1,5-7,10-14H2,(H,31,36)(H,30,32,33)/t18-,19+/m0/s1. The van der Waals surface area contributed by atoms with Gasteiger partial charge in [0.2, 0.25) is 17.8 Å². The second-order valence-corrected chi connectivity index (χ2v) is 10.1. The molecule has 1 saturated carbocycles. The molecule has 1 aromatic carbocycles. The second-order valence-electron chi connectivity index (χ2n) is 9.66. The molecule has 2 aliphatic rings. The van der Waals surface area contributed by atoms with Crippen molar-refractivity contribution in [2.45, 2.75) is 50.6 Å². The van der Waals surface area contributed by atoms with Gasteiger partial charge in [-0.15, -0.1) is 0 Å². The van der Waals surface area contributed by atoms with E-state index in [9.17, 15) is 9.59 Å². The van der Waals surface area contributed by atoms with Crippen LogP contribution in [0.25, 0.3) is 22.2 Å². The van der Waals surface area contributed by atoms with Crippen LogP contribution >= 0.6 is 11.6 Å². The van der Waals surface area contributed by atoms with E-state index in [4.69, 9.17) is 16.6 Å². The van der Waals surface area contributed by atoms with Crippen molar-refractivity contribution in [2.75, 3.05) is 18.4 Å². The van der Waals surface area contributed by atoms with Gasteiger partial charge in [-0.05, 0) is 50.7 Å². The monoisotopic (exact) mass is 506 g/mol. The van der Waals surface area contributed by atoms with Crippen LogP contribution in [0.15, 0.2) is 49.3 Å². The fourth-order valence-electron chi connectivity index (χ4n) is 5.34. The number of carbonyl (C=O) groups excluding carboxylic acids is 2. The molecule has 5 rings (SSSR count). The third kappa shape index (κ3) is 5.23. The average Bonchev–Trinajstić information content (AvgIpc) is 3.33. The van der Waals surface area contributed by atoms with E-state index in [1.807, 2.05) is 30.5 Å². The summed E-state index contributed by atoms with van der Waals surface area (Å²) in [6.07, 6.45) is 10.0. The van der Waals surface area contributed by atoms with Gasteiger partial charge >= 0.3 is 0 Å². The Morgan fingerprint density at radius 1 is 1.14 bits per heavy atom. The molecule has 0 bridgehead atoms. The summed E-state index contributed by atoms with van der Waals surface area (Å²) in [5.41, 5.74) is 2.66. The third-order valence-electron chi connectivity index (χ3n) is 7.29. The van der Waals surface area contributed by atoms with Gasteiger partial charge in [-0.2, -0.15) is 0 Å². The Bertz CT molecular complexity index is 1270. The van der Waals surface area contributed by atoms with Gasteiger partial charge in [0.1, 0.15) is 0 Å². The predicted octanol–water partition coefficient (Wildman–Crippen LogP) is 4.54. The van der Waals surface area contributed by atoms with Gasteiger partial charge < -0.3 is 20.5 Å². The molecule has 36 heavy (non-hydrogen) atoms. The lowest BCUT2D eigenvalue weighted by atomic mass is 9.89. The number of hydrogen-bond donors (Lipinski definition) is 3. The van der Waals surface area contributed by atoms with Crippen molar-refractivity contribution >= 4 is 40.3 Å². The number of para-hydroxylation sites is 1. The Morgan fingerprint density at radius 3 is 2.72 bits per heavy atom. The van der Waals surface area contributed by atoms with Gasteiger partial charge in [0, 0.05) is 53.8 Å². The summed E-state index contributed by atoms with van der Waals surface area (Å²) >= 11 is 6.48. The minimum absolute atomic E-state index is 0.0504. The first-order valence-corrected chi connectivity index (χ1v) is 13.0. The number of piperidine rings is 1. The maximum Gasteiger partial charge on any atom is 0.245 e. The molecule has 1 saturated heterocycles. The number of nitrogens with zero attached hydrogens (tertiary/aromatic N) is 3. The summed E-state index contributed by atoms with van der Waals surface area (Å²) in [5, 5.41) is 8.29. The summed E-state index contributed by atoms with van der Waals surface area (Å²) in [5.74, 6) is 0.518. The summed E-state index contributed by atoms with van der Waals surface area (Å²) in [4.78, 5) is 38.9. The molecule has 2 atom stereocenters. The molecular weight excluding hydrogens is 476 g/mol. The number of H-pyrrole nitrogens is 1. The van der Waals surface area contributed by atoms with Crippen LogP contribution in [0.1, 0.15) is 38.5 Å². The van der Waals surface area contributed by atoms with Gasteiger partial charge in [0.05, 0.1) is 16.9 Å². The van der Waals surface area contributed by atoms with Gasteiger partial charge in [-0.25, -0.2) is 9.97 Å². The van der Waals surface area contributed by atoms with E-state index in [1.165, 1.54) is 6.08 Å². The van der Waals surface area contributed by atoms with Crippen molar-refractivity contribution in [3.8, 4) is 11.3 Å². The molecular formula is C27H31ClN6O2. The number of carbonyl (C=O) groups is 2. The van der Waals surface area contributed by atoms with Crippen molar-refractivity contribution in [3.63, 3.8) is 0 Å². The maximum absolute atomic E-state index is 12.9. The number of benzene rings is 1. The largest absolute Gasteiger partial charge is 0.360 e. The zero-order valence-electron chi connectivity index (χ0n) is 20.2. The third-order valence-corrected chi connectivity index (χ3v) is 7.57. The quantitative estimate of drug-likeness (QED) is 0.426. The smallest absolute Gasteiger partial charge is 0.245 e. The molecule has 3 N–H and O–H groups in total. The highest BCUT2D eigenvalue weighted by Gasteiger charge is 2.30. The molecule has 2 amide bonds. The fourth-order valence-corrected chi connectivity index (χ4v) is 5.53. The van der Waals surface area contributed by atoms with Crippen LogP contribution in [0.5, 0.6) is 0 Å². The van der Waals surface area contributed by atoms with Gasteiger partial charge in [0.25, 0.3) is 0 Å². The number of halogens is 1. The van der Waals surface area contributed by atoms with Crippen LogP contribution in [0.2, 0.25) is 5.02 Å². The molecule has 9 heteroatoms. The van der Waals surface area contributed by atoms with E-state index in [0.717, 1.165) is 42.1 Å². The Morgan fingerprint density at radius 2 is 1.92 bits per heavy atom. The summed E-state index contributed by atoms with van der Waals surface area (Å²) in [6.45, 7) is 4.75. The first kappa shape index (κ1) is 24.3. The number of aromatic nitrogens is 3. The Kier molecular flexibility index (Phi) is 7.23. The van der Waals surface area contributed by atoms with Crippen molar-refractivity contribution in [1.29, 1.82) is 0 Å². The second kappa shape index (κ2) is 10.7. The average molecular weight is 507 g/mol. The molecule has 1 aliphatic heterocycles. The highest BCUT2D eigenvalue weighted by atomic mass is 35.5. The highest BCUT2D eigenvalue weighted by Crippen LogP contribution is 2.33. The molecule has 3 heterocycles. The Labute approximate surface area is 215 Å². The zero-order valence-corrected chi connectivity index (χ0v) is 20.9. The van der Waals surface area contributed by atoms with Crippen molar-refractivity contribution in [3.05, 3.63) is 54.3 Å². The lowest BCUT2D eigenvalue weighted by molar-refractivity contribution is -0.132. The number of nitrogens with one attached hydrogen (secondary N) is 3. The maximum atomic E-state index is 12.9. The molecule has 2 fully saturated rings. The number of fused-ring (bicyclic) bond motifs is 1. The van der Waals surface area contributed by atoms with E-state index >= 15 is 0 Å². The van der Waals surface area contributed by atoms with Gasteiger partial charge in [0.15, 0.2) is 0 Å². The zero-order chi connectivity index (χ0) is 25.1. The van der Waals surface area contributed by atoms with Gasteiger partial charge in [-0.3, -0.25) is 9.59 Å². The minimum Gasteiger partial charge on any atom is -0.360 e. The fraction of sp³-hybridized carbons (Fsp3) is 0.407. The number of amides is 2. The normalized spacial score (nSPS) is 20.8. The number of likely N-dealkylation sites (tertiary alicyclic amines) is 1. The molecule has 8 nitrogen and oxygen atoms in total. The van der Waals surface area contributed by atoms with Crippen molar-refractivity contribution in [2.24, 2.45) is 5.92 Å². The van der Waals surface area contributed by atoms with Crippen LogP contribution in [0.3, 0.4) is 0 Å². The van der Waals surface area contributed by atoms with E-state index in [-0.39, 0.29) is 29.8 Å². The molecule has 1 aliphatic carbocycles. The van der Waals surface area contributed by atoms with Crippen molar-refractivity contribution in [1.82, 2.24) is 25.2 Å². The summed E-state index contributed by atoms with van der Waals surface area (Å²) in [6, 6.07) is 8.32. The first-order valence-electron chi connectivity index (χ1n) is 12.6. The van der Waals surface area contributed by atoms with E-state index in [1.54, 1.807) is 11.1 Å². The predicted molar refractivity (Wildman–Crippen MR) is 142 cm³/mol. The van der Waals surface area contributed by atoms with Crippen LogP contribution in [-0.2, 0) is 9.59 Å². The van der Waals surface area contributed by atoms with E-state index in [2.05, 4.69) is 27.2 Å². The molecule has 188 valence electrons. The molecule has 0 radical (unpaired) electrons. The first-order chi connectivity index (χ1) is 17.5. The Hall–Kier alpha value is -3.39. The molecule has 3 aromatic rings. The molecule has 0 unspecified atom stereocenters. The minimum atomic E-state index is -0.0627. The number of anilines is 1. The number of aromatic amines is 1. The Balaban J connectivity index is 1.20.